The summed E-state index contributed by atoms with van der Waals surface area (Å²) in [5.41, 5.74) is 5.50. The van der Waals surface area contributed by atoms with Crippen LogP contribution in [0.3, 0.4) is 0 Å². The fourth-order valence-corrected chi connectivity index (χ4v) is 2.37. The zero-order valence-electron chi connectivity index (χ0n) is 9.29. The van der Waals surface area contributed by atoms with E-state index in [0.717, 1.165) is 6.54 Å². The summed E-state index contributed by atoms with van der Waals surface area (Å²) in [6, 6.07) is 0. The van der Waals surface area contributed by atoms with Gasteiger partial charge in [0.25, 0.3) is 0 Å². The molecule has 86 valence electrons. The number of carbonyl (C=O) groups excluding carboxylic acids is 1. The molecular weight excluding hydrogens is 208 g/mol. The van der Waals surface area contributed by atoms with Crippen LogP contribution in [0.15, 0.2) is 0 Å². The van der Waals surface area contributed by atoms with Crippen LogP contribution in [0.25, 0.3) is 0 Å². The number of hydrogen-bond acceptors (Lipinski definition) is 2. The highest BCUT2D eigenvalue weighted by atomic mass is 32.1. The van der Waals surface area contributed by atoms with E-state index in [9.17, 15) is 4.79 Å². The maximum absolute atomic E-state index is 11.7. The highest BCUT2D eigenvalue weighted by Crippen LogP contribution is 2.23. The lowest BCUT2D eigenvalue weighted by molar-refractivity contribution is -0.123. The van der Waals surface area contributed by atoms with E-state index in [1.165, 1.54) is 25.7 Å². The number of hydrogen-bond donors (Lipinski definition) is 2. The molecule has 4 heteroatoms. The molecule has 3 nitrogen and oxygen atoms in total. The molecule has 0 spiro atoms. The van der Waals surface area contributed by atoms with E-state index in [2.05, 4.69) is 5.32 Å². The first kappa shape index (κ1) is 12.4. The van der Waals surface area contributed by atoms with Crippen molar-refractivity contribution in [3.8, 4) is 0 Å². The molecule has 0 aromatic heterocycles. The third-order valence-electron chi connectivity index (χ3n) is 3.11. The van der Waals surface area contributed by atoms with Crippen LogP contribution in [-0.4, -0.2) is 17.4 Å². The third kappa shape index (κ3) is 3.78. The summed E-state index contributed by atoms with van der Waals surface area (Å²) in [4.78, 5) is 12.0. The van der Waals surface area contributed by atoms with Gasteiger partial charge in [-0.05, 0) is 25.2 Å². The number of amides is 1. The fourth-order valence-electron chi connectivity index (χ4n) is 2.10. The Labute approximate surface area is 96.8 Å². The van der Waals surface area contributed by atoms with E-state index < -0.39 is 0 Å². The summed E-state index contributed by atoms with van der Waals surface area (Å²) in [6.07, 6.45) is 5.76. The monoisotopic (exact) mass is 228 g/mol. The van der Waals surface area contributed by atoms with Gasteiger partial charge in [0.1, 0.15) is 0 Å². The average Bonchev–Trinajstić information content (AvgIpc) is 2.67. The van der Waals surface area contributed by atoms with Gasteiger partial charge in [0.15, 0.2) is 0 Å². The highest BCUT2D eigenvalue weighted by Gasteiger charge is 2.21. The van der Waals surface area contributed by atoms with Crippen LogP contribution in [0.1, 0.15) is 39.0 Å². The van der Waals surface area contributed by atoms with Gasteiger partial charge in [-0.2, -0.15) is 0 Å². The number of carbonyl (C=O) groups is 1. The minimum Gasteiger partial charge on any atom is -0.393 e. The topological polar surface area (TPSA) is 55.1 Å². The van der Waals surface area contributed by atoms with Gasteiger partial charge in [-0.15, -0.1) is 0 Å². The summed E-state index contributed by atoms with van der Waals surface area (Å²) in [5.74, 6) is 0.371. The second kappa shape index (κ2) is 6.05. The lowest BCUT2D eigenvalue weighted by atomic mass is 10.0. The Morgan fingerprint density at radius 3 is 2.60 bits per heavy atom. The summed E-state index contributed by atoms with van der Waals surface area (Å²) in [6.45, 7) is 2.72. The van der Waals surface area contributed by atoms with Crippen molar-refractivity contribution in [2.24, 2.45) is 17.6 Å². The molecule has 1 rings (SSSR count). The number of nitrogens with one attached hydrogen (secondary N) is 1. The number of nitrogens with two attached hydrogens (primary N) is 1. The van der Waals surface area contributed by atoms with Crippen molar-refractivity contribution < 1.29 is 4.79 Å². The standard InChI is InChI=1S/C11H20N2OS/c1-2-9(10(12)15)11(14)13-7-8-5-3-4-6-8/h8-9H,2-7H2,1H3,(H2,12,15)(H,13,14). The predicted molar refractivity (Wildman–Crippen MR) is 65.5 cm³/mol. The van der Waals surface area contributed by atoms with Gasteiger partial charge in [-0.1, -0.05) is 32.0 Å². The van der Waals surface area contributed by atoms with Crippen LogP contribution in [0.2, 0.25) is 0 Å². The van der Waals surface area contributed by atoms with E-state index >= 15 is 0 Å². The quantitative estimate of drug-likeness (QED) is 0.703. The second-order valence-electron chi connectivity index (χ2n) is 4.26. The summed E-state index contributed by atoms with van der Waals surface area (Å²) < 4.78 is 0. The van der Waals surface area contributed by atoms with Crippen molar-refractivity contribution in [1.82, 2.24) is 5.32 Å². The van der Waals surface area contributed by atoms with Gasteiger partial charge in [-0.25, -0.2) is 0 Å². The molecule has 0 heterocycles. The molecule has 15 heavy (non-hydrogen) atoms. The molecule has 0 bridgehead atoms. The van der Waals surface area contributed by atoms with Crippen LogP contribution in [-0.2, 0) is 4.79 Å². The second-order valence-corrected chi connectivity index (χ2v) is 4.73. The molecule has 1 fully saturated rings. The van der Waals surface area contributed by atoms with E-state index in [4.69, 9.17) is 18.0 Å². The highest BCUT2D eigenvalue weighted by molar-refractivity contribution is 7.80. The average molecular weight is 228 g/mol. The molecule has 0 saturated heterocycles. The Morgan fingerprint density at radius 1 is 1.53 bits per heavy atom. The SMILES string of the molecule is CCC(C(=O)NCC1CCCC1)C(N)=S. The molecule has 1 saturated carbocycles. The Kier molecular flexibility index (Phi) is 5.02. The van der Waals surface area contributed by atoms with Gasteiger partial charge in [-0.3, -0.25) is 4.79 Å². The first-order valence-corrected chi connectivity index (χ1v) is 6.13. The molecule has 0 aromatic carbocycles. The minimum atomic E-state index is -0.290. The Morgan fingerprint density at radius 2 is 2.13 bits per heavy atom. The van der Waals surface area contributed by atoms with Gasteiger partial charge in [0, 0.05) is 6.54 Å². The molecule has 1 atom stereocenters. The van der Waals surface area contributed by atoms with E-state index in [0.29, 0.717) is 17.3 Å². The fraction of sp³-hybridized carbons (Fsp3) is 0.818. The minimum absolute atomic E-state index is 0.00287. The Hall–Kier alpha value is -0.640. The summed E-state index contributed by atoms with van der Waals surface area (Å²) in [5, 5.41) is 2.95. The Balaban J connectivity index is 2.30. The van der Waals surface area contributed by atoms with Crippen molar-refractivity contribution in [2.45, 2.75) is 39.0 Å². The normalized spacial score (nSPS) is 18.7. The van der Waals surface area contributed by atoms with Crippen LogP contribution in [0, 0.1) is 11.8 Å². The van der Waals surface area contributed by atoms with Crippen molar-refractivity contribution in [2.75, 3.05) is 6.54 Å². The summed E-state index contributed by atoms with van der Waals surface area (Å²) in [7, 11) is 0. The molecule has 1 aliphatic rings. The van der Waals surface area contributed by atoms with Gasteiger partial charge >= 0.3 is 0 Å². The maximum Gasteiger partial charge on any atom is 0.229 e. The lowest BCUT2D eigenvalue weighted by Crippen LogP contribution is -2.39. The van der Waals surface area contributed by atoms with Gasteiger partial charge in [0.05, 0.1) is 10.9 Å². The van der Waals surface area contributed by atoms with Crippen molar-refractivity contribution in [3.63, 3.8) is 0 Å². The maximum atomic E-state index is 11.7. The van der Waals surface area contributed by atoms with Gasteiger partial charge in [0.2, 0.25) is 5.91 Å². The smallest absolute Gasteiger partial charge is 0.229 e. The third-order valence-corrected chi connectivity index (χ3v) is 3.39. The van der Waals surface area contributed by atoms with Crippen molar-refractivity contribution in [1.29, 1.82) is 0 Å². The Bertz CT molecular complexity index is 237. The van der Waals surface area contributed by atoms with Crippen LogP contribution >= 0.6 is 12.2 Å². The summed E-state index contributed by atoms with van der Waals surface area (Å²) >= 11 is 4.86. The largest absolute Gasteiger partial charge is 0.393 e. The van der Waals surface area contributed by atoms with Crippen LogP contribution in [0.5, 0.6) is 0 Å². The molecule has 3 N–H and O–H groups in total. The van der Waals surface area contributed by atoms with Gasteiger partial charge < -0.3 is 11.1 Å². The molecule has 0 aliphatic heterocycles. The molecule has 1 unspecified atom stereocenters. The number of rotatable bonds is 5. The van der Waals surface area contributed by atoms with E-state index in [1.54, 1.807) is 0 Å². The van der Waals surface area contributed by atoms with Crippen molar-refractivity contribution >= 4 is 23.1 Å². The molecule has 1 aliphatic carbocycles. The molecule has 0 aromatic rings. The zero-order chi connectivity index (χ0) is 11.3. The van der Waals surface area contributed by atoms with Crippen molar-refractivity contribution in [3.05, 3.63) is 0 Å². The molecular formula is C11H20N2OS. The molecule has 0 radical (unpaired) electrons. The van der Waals surface area contributed by atoms with E-state index in [1.807, 2.05) is 6.92 Å². The lowest BCUT2D eigenvalue weighted by Gasteiger charge is -2.15. The van der Waals surface area contributed by atoms with Crippen LogP contribution in [0.4, 0.5) is 0 Å². The number of thiocarbonyl (C=S) groups is 1. The molecule has 1 amide bonds. The zero-order valence-corrected chi connectivity index (χ0v) is 10.1. The first-order valence-electron chi connectivity index (χ1n) is 5.72. The first-order chi connectivity index (χ1) is 7.15. The predicted octanol–water partition coefficient (Wildman–Crippen LogP) is 1.61. The van der Waals surface area contributed by atoms with E-state index in [-0.39, 0.29) is 11.8 Å². The van der Waals surface area contributed by atoms with Crippen LogP contribution < -0.4 is 11.1 Å².